The van der Waals surface area contributed by atoms with Crippen molar-refractivity contribution in [2.24, 2.45) is 0 Å². The molecule has 1 heterocycles. The summed E-state index contributed by atoms with van der Waals surface area (Å²) in [6, 6.07) is 0. The van der Waals surface area contributed by atoms with Crippen LogP contribution in [0.15, 0.2) is 6.20 Å². The van der Waals surface area contributed by atoms with Crippen LogP contribution in [0.4, 0.5) is 0 Å². The van der Waals surface area contributed by atoms with E-state index in [4.69, 9.17) is 5.11 Å². The van der Waals surface area contributed by atoms with Crippen LogP contribution in [0.2, 0.25) is 0 Å². The molecule has 1 aromatic rings. The van der Waals surface area contributed by atoms with Gasteiger partial charge in [0.05, 0.1) is 16.3 Å². The maximum atomic E-state index is 10.3. The molecule has 0 fully saturated rings. The first kappa shape index (κ1) is 11.1. The molecule has 1 unspecified atom stereocenters. The Hall–Kier alpha value is -0.940. The summed E-state index contributed by atoms with van der Waals surface area (Å²) < 4.78 is 0. The molecule has 4 nitrogen and oxygen atoms in total. The normalized spacial score (nSPS) is 13.1. The van der Waals surface area contributed by atoms with E-state index in [-0.39, 0.29) is 6.42 Å². The van der Waals surface area contributed by atoms with Crippen molar-refractivity contribution in [3.05, 3.63) is 16.1 Å². The lowest BCUT2D eigenvalue weighted by Crippen LogP contribution is -2.03. The van der Waals surface area contributed by atoms with Gasteiger partial charge in [-0.15, -0.1) is 11.3 Å². The van der Waals surface area contributed by atoms with Gasteiger partial charge in [-0.05, 0) is 0 Å². The standard InChI is InChI=1S/C9H13NO3S/c1-5(2)9-10-4-7(14-9)6(11)3-8(12)13/h4-6,11H,3H2,1-2H3,(H,12,13). The summed E-state index contributed by atoms with van der Waals surface area (Å²) in [5, 5.41) is 18.9. The zero-order valence-electron chi connectivity index (χ0n) is 8.10. The molecule has 0 aliphatic carbocycles. The van der Waals surface area contributed by atoms with Crippen LogP contribution in [0.25, 0.3) is 0 Å². The maximum absolute atomic E-state index is 10.3. The lowest BCUT2D eigenvalue weighted by atomic mass is 10.2. The van der Waals surface area contributed by atoms with Crippen molar-refractivity contribution in [3.8, 4) is 0 Å². The van der Waals surface area contributed by atoms with Crippen molar-refractivity contribution in [2.75, 3.05) is 0 Å². The minimum absolute atomic E-state index is 0.264. The minimum atomic E-state index is -1.00. The SMILES string of the molecule is CC(C)c1ncc(C(O)CC(=O)O)s1. The Morgan fingerprint density at radius 1 is 1.64 bits per heavy atom. The molecule has 2 N–H and O–H groups in total. The van der Waals surface area contributed by atoms with Crippen molar-refractivity contribution in [1.29, 1.82) is 0 Å². The summed E-state index contributed by atoms with van der Waals surface area (Å²) in [4.78, 5) is 15.1. The Morgan fingerprint density at radius 2 is 2.29 bits per heavy atom. The number of rotatable bonds is 4. The van der Waals surface area contributed by atoms with Gasteiger partial charge in [0.25, 0.3) is 0 Å². The zero-order chi connectivity index (χ0) is 10.7. The number of carboxylic acids is 1. The Balaban J connectivity index is 2.71. The highest BCUT2D eigenvalue weighted by atomic mass is 32.1. The van der Waals surface area contributed by atoms with Crippen LogP contribution in [0.1, 0.15) is 42.2 Å². The highest BCUT2D eigenvalue weighted by molar-refractivity contribution is 7.11. The molecule has 1 atom stereocenters. The Morgan fingerprint density at radius 3 is 2.71 bits per heavy atom. The average molecular weight is 215 g/mol. The van der Waals surface area contributed by atoms with Crippen LogP contribution in [-0.4, -0.2) is 21.2 Å². The van der Waals surface area contributed by atoms with Gasteiger partial charge in [-0.1, -0.05) is 13.8 Å². The molecule has 14 heavy (non-hydrogen) atoms. The van der Waals surface area contributed by atoms with E-state index in [0.29, 0.717) is 10.8 Å². The molecule has 1 rings (SSSR count). The number of thiazole rings is 1. The lowest BCUT2D eigenvalue weighted by Gasteiger charge is -2.03. The molecule has 5 heteroatoms. The van der Waals surface area contributed by atoms with E-state index in [0.717, 1.165) is 5.01 Å². The molecule has 0 aliphatic heterocycles. The van der Waals surface area contributed by atoms with E-state index in [1.54, 1.807) is 6.20 Å². The number of aromatic nitrogens is 1. The highest BCUT2D eigenvalue weighted by Gasteiger charge is 2.16. The first-order chi connectivity index (χ1) is 6.50. The second-order valence-corrected chi connectivity index (χ2v) is 4.46. The first-order valence-electron chi connectivity index (χ1n) is 4.36. The lowest BCUT2D eigenvalue weighted by molar-refractivity contribution is -0.139. The van der Waals surface area contributed by atoms with E-state index in [9.17, 15) is 9.90 Å². The fourth-order valence-electron chi connectivity index (χ4n) is 0.988. The van der Waals surface area contributed by atoms with Gasteiger partial charge in [-0.2, -0.15) is 0 Å². The Kier molecular flexibility index (Phi) is 3.60. The summed E-state index contributed by atoms with van der Waals surface area (Å²) in [7, 11) is 0. The van der Waals surface area contributed by atoms with Crippen LogP contribution in [-0.2, 0) is 4.79 Å². The fraction of sp³-hybridized carbons (Fsp3) is 0.556. The average Bonchev–Trinajstić information content (AvgIpc) is 2.50. The predicted molar refractivity (Wildman–Crippen MR) is 53.4 cm³/mol. The van der Waals surface area contributed by atoms with E-state index in [2.05, 4.69) is 4.98 Å². The summed E-state index contributed by atoms with van der Waals surface area (Å²) in [6.45, 7) is 4.01. The van der Waals surface area contributed by atoms with Crippen LogP contribution < -0.4 is 0 Å². The van der Waals surface area contributed by atoms with Gasteiger partial charge in [-0.25, -0.2) is 4.98 Å². The van der Waals surface area contributed by atoms with Crippen molar-refractivity contribution < 1.29 is 15.0 Å². The number of carboxylic acid groups (broad SMARTS) is 1. The monoisotopic (exact) mass is 215 g/mol. The van der Waals surface area contributed by atoms with Gasteiger partial charge in [0, 0.05) is 12.1 Å². The Bertz CT molecular complexity index is 322. The largest absolute Gasteiger partial charge is 0.481 e. The molecule has 0 aliphatic rings. The molecular formula is C9H13NO3S. The molecule has 0 bridgehead atoms. The predicted octanol–water partition coefficient (Wildman–Crippen LogP) is 1.77. The molecule has 0 radical (unpaired) electrons. The van der Waals surface area contributed by atoms with Crippen LogP contribution in [0.3, 0.4) is 0 Å². The molecule has 0 amide bonds. The molecule has 0 aromatic carbocycles. The van der Waals surface area contributed by atoms with Gasteiger partial charge in [-0.3, -0.25) is 4.79 Å². The van der Waals surface area contributed by atoms with E-state index in [1.165, 1.54) is 11.3 Å². The molecule has 1 aromatic heterocycles. The third-order valence-corrected chi connectivity index (χ3v) is 3.13. The number of hydrogen-bond donors (Lipinski definition) is 2. The number of nitrogens with zero attached hydrogens (tertiary/aromatic N) is 1. The van der Waals surface area contributed by atoms with Crippen LogP contribution in [0, 0.1) is 0 Å². The number of aliphatic hydroxyl groups excluding tert-OH is 1. The van der Waals surface area contributed by atoms with Crippen molar-refractivity contribution in [3.63, 3.8) is 0 Å². The maximum Gasteiger partial charge on any atom is 0.306 e. The third-order valence-electron chi connectivity index (χ3n) is 1.73. The molecule has 78 valence electrons. The van der Waals surface area contributed by atoms with E-state index in [1.807, 2.05) is 13.8 Å². The number of aliphatic hydroxyl groups is 1. The highest BCUT2D eigenvalue weighted by Crippen LogP contribution is 2.27. The molecule has 0 saturated carbocycles. The third kappa shape index (κ3) is 2.78. The Labute approximate surface area is 86.2 Å². The minimum Gasteiger partial charge on any atom is -0.481 e. The zero-order valence-corrected chi connectivity index (χ0v) is 8.91. The van der Waals surface area contributed by atoms with E-state index < -0.39 is 12.1 Å². The smallest absolute Gasteiger partial charge is 0.306 e. The summed E-state index contributed by atoms with van der Waals surface area (Å²) in [5.41, 5.74) is 0. The van der Waals surface area contributed by atoms with Crippen molar-refractivity contribution in [2.45, 2.75) is 32.3 Å². The first-order valence-corrected chi connectivity index (χ1v) is 5.18. The van der Waals surface area contributed by atoms with Crippen LogP contribution >= 0.6 is 11.3 Å². The molecule has 0 spiro atoms. The van der Waals surface area contributed by atoms with Gasteiger partial charge >= 0.3 is 5.97 Å². The van der Waals surface area contributed by atoms with Gasteiger partial charge in [0.15, 0.2) is 0 Å². The second-order valence-electron chi connectivity index (χ2n) is 3.37. The summed E-state index contributed by atoms with van der Waals surface area (Å²) in [6.07, 6.45) is 0.352. The van der Waals surface area contributed by atoms with E-state index >= 15 is 0 Å². The van der Waals surface area contributed by atoms with Crippen molar-refractivity contribution in [1.82, 2.24) is 4.98 Å². The van der Waals surface area contributed by atoms with Gasteiger partial charge in [0.2, 0.25) is 0 Å². The quantitative estimate of drug-likeness (QED) is 0.803. The number of carbonyl (C=O) groups is 1. The van der Waals surface area contributed by atoms with Gasteiger partial charge in [0.1, 0.15) is 6.10 Å². The van der Waals surface area contributed by atoms with Crippen LogP contribution in [0.5, 0.6) is 0 Å². The van der Waals surface area contributed by atoms with Crippen molar-refractivity contribution >= 4 is 17.3 Å². The van der Waals surface area contributed by atoms with Gasteiger partial charge < -0.3 is 10.2 Å². The second kappa shape index (κ2) is 4.52. The number of aliphatic carboxylic acids is 1. The fourth-order valence-corrected chi connectivity index (χ4v) is 1.90. The molecular weight excluding hydrogens is 202 g/mol. The number of hydrogen-bond acceptors (Lipinski definition) is 4. The topological polar surface area (TPSA) is 70.4 Å². The summed E-state index contributed by atoms with van der Waals surface area (Å²) >= 11 is 1.37. The summed E-state index contributed by atoms with van der Waals surface area (Å²) in [5.74, 6) is -0.692. The molecule has 0 saturated heterocycles.